The Balaban J connectivity index is 1.11. The fourth-order valence-corrected chi connectivity index (χ4v) is 5.82. The Morgan fingerprint density at radius 3 is 2.26 bits per heavy atom. The molecule has 0 aliphatic carbocycles. The van der Waals surface area contributed by atoms with Crippen LogP contribution in [0.5, 0.6) is 0 Å². The van der Waals surface area contributed by atoms with Crippen molar-refractivity contribution in [3.63, 3.8) is 0 Å². The Morgan fingerprint density at radius 2 is 1.57 bits per heavy atom. The Labute approximate surface area is 272 Å². The third-order valence-corrected chi connectivity index (χ3v) is 8.56. The van der Waals surface area contributed by atoms with Crippen LogP contribution in [0.1, 0.15) is 80.1 Å². The van der Waals surface area contributed by atoms with Crippen molar-refractivity contribution < 1.29 is 14.4 Å². The molecule has 8 heteroatoms. The van der Waals surface area contributed by atoms with Crippen molar-refractivity contribution in [3.05, 3.63) is 107 Å². The van der Waals surface area contributed by atoms with E-state index in [1.807, 2.05) is 90.7 Å². The first-order valence-corrected chi connectivity index (χ1v) is 16.3. The third kappa shape index (κ3) is 8.71. The number of anilines is 2. The van der Waals surface area contributed by atoms with Crippen LogP contribution in [0.2, 0.25) is 0 Å². The first kappa shape index (κ1) is 32.7. The van der Waals surface area contributed by atoms with E-state index in [4.69, 9.17) is 5.10 Å². The summed E-state index contributed by atoms with van der Waals surface area (Å²) < 4.78 is 1.78. The van der Waals surface area contributed by atoms with Crippen molar-refractivity contribution in [2.45, 2.75) is 71.6 Å². The summed E-state index contributed by atoms with van der Waals surface area (Å²) in [4.78, 5) is 40.2. The largest absolute Gasteiger partial charge is 0.343 e. The molecular formula is C38H45N5O3. The highest BCUT2D eigenvalue weighted by atomic mass is 16.2. The Hall–Kier alpha value is -4.72. The maximum Gasteiger partial charge on any atom is 0.324 e. The van der Waals surface area contributed by atoms with E-state index in [9.17, 15) is 14.4 Å². The number of rotatable bonds is 10. The Kier molecular flexibility index (Phi) is 10.4. The van der Waals surface area contributed by atoms with Crippen LogP contribution in [0.4, 0.5) is 16.3 Å². The number of carbonyl (C=O) groups excluding carboxylic acids is 3. The lowest BCUT2D eigenvalue weighted by Gasteiger charge is -2.32. The summed E-state index contributed by atoms with van der Waals surface area (Å²) in [5.41, 5.74) is 5.33. The van der Waals surface area contributed by atoms with E-state index in [0.29, 0.717) is 36.6 Å². The lowest BCUT2D eigenvalue weighted by molar-refractivity contribution is -0.132. The molecule has 0 unspecified atom stereocenters. The SMILES string of the molecule is Cc1ccc(-n2nc(C(C)(C)C)cc2NC(=O)Nc2cccc(CC3CCN(C(=O)CCCC(=O)c4ccccc4)CC3)c2)cc1. The smallest absolute Gasteiger partial charge is 0.324 e. The maximum absolute atomic E-state index is 13.1. The van der Waals surface area contributed by atoms with Crippen LogP contribution < -0.4 is 10.6 Å². The number of nitrogens with one attached hydrogen (secondary N) is 2. The minimum atomic E-state index is -0.330. The van der Waals surface area contributed by atoms with Gasteiger partial charge >= 0.3 is 6.03 Å². The van der Waals surface area contributed by atoms with E-state index in [-0.39, 0.29) is 23.1 Å². The van der Waals surface area contributed by atoms with Gasteiger partial charge in [0.15, 0.2) is 5.78 Å². The van der Waals surface area contributed by atoms with Crippen LogP contribution in [-0.4, -0.2) is 45.5 Å². The van der Waals surface area contributed by atoms with E-state index >= 15 is 0 Å². The minimum absolute atomic E-state index is 0.0878. The average molecular weight is 620 g/mol. The second-order valence-corrected chi connectivity index (χ2v) is 13.4. The molecule has 8 nitrogen and oxygen atoms in total. The molecule has 240 valence electrons. The van der Waals surface area contributed by atoms with E-state index in [0.717, 1.165) is 60.5 Å². The fourth-order valence-electron chi connectivity index (χ4n) is 5.82. The number of carbonyl (C=O) groups is 3. The van der Waals surface area contributed by atoms with Crippen molar-refractivity contribution in [1.82, 2.24) is 14.7 Å². The van der Waals surface area contributed by atoms with Crippen LogP contribution in [0, 0.1) is 12.8 Å². The molecular weight excluding hydrogens is 574 g/mol. The monoisotopic (exact) mass is 619 g/mol. The topological polar surface area (TPSA) is 96.3 Å². The highest BCUT2D eigenvalue weighted by molar-refractivity contribution is 5.99. The quantitative estimate of drug-likeness (QED) is 0.176. The van der Waals surface area contributed by atoms with Gasteiger partial charge in [0.1, 0.15) is 5.82 Å². The summed E-state index contributed by atoms with van der Waals surface area (Å²) in [6.07, 6.45) is 4.13. The van der Waals surface area contributed by atoms with Gasteiger partial charge in [-0.2, -0.15) is 5.10 Å². The van der Waals surface area contributed by atoms with Crippen LogP contribution >= 0.6 is 0 Å². The molecule has 1 fully saturated rings. The highest BCUT2D eigenvalue weighted by Crippen LogP contribution is 2.27. The highest BCUT2D eigenvalue weighted by Gasteiger charge is 2.24. The molecule has 3 aromatic carbocycles. The molecule has 1 saturated heterocycles. The zero-order chi connectivity index (χ0) is 32.7. The first-order chi connectivity index (χ1) is 22.0. The molecule has 5 rings (SSSR count). The second-order valence-electron chi connectivity index (χ2n) is 13.4. The van der Waals surface area contributed by atoms with Gasteiger partial charge in [-0.3, -0.25) is 14.9 Å². The second kappa shape index (κ2) is 14.6. The standard InChI is InChI=1S/C38H45N5O3/c1-27-16-18-32(19-17-27)43-35(26-34(41-43)38(2,3)4)40-37(46)39-31-13-8-10-29(25-31)24-28-20-22-42(23-21-28)36(45)15-9-14-33(44)30-11-6-5-7-12-30/h5-8,10-13,16-19,25-26,28H,9,14-15,20-24H2,1-4H3,(H2,39,40,46). The number of likely N-dealkylation sites (tertiary alicyclic amines) is 1. The van der Waals surface area contributed by atoms with Crippen molar-refractivity contribution in [2.75, 3.05) is 23.7 Å². The zero-order valence-corrected chi connectivity index (χ0v) is 27.4. The van der Waals surface area contributed by atoms with Gasteiger partial charge in [-0.15, -0.1) is 0 Å². The van der Waals surface area contributed by atoms with E-state index in [1.165, 1.54) is 0 Å². The van der Waals surface area contributed by atoms with E-state index in [2.05, 4.69) is 37.5 Å². The summed E-state index contributed by atoms with van der Waals surface area (Å²) in [7, 11) is 0. The lowest BCUT2D eigenvalue weighted by atomic mass is 9.90. The van der Waals surface area contributed by atoms with Gasteiger partial charge < -0.3 is 10.2 Å². The minimum Gasteiger partial charge on any atom is -0.343 e. The number of piperidine rings is 1. The molecule has 3 amide bonds. The van der Waals surface area contributed by atoms with Gasteiger partial charge in [0, 0.05) is 48.7 Å². The Morgan fingerprint density at radius 1 is 0.848 bits per heavy atom. The van der Waals surface area contributed by atoms with Gasteiger partial charge in [-0.1, -0.05) is 80.9 Å². The number of hydrogen-bond acceptors (Lipinski definition) is 4. The van der Waals surface area contributed by atoms with E-state index < -0.39 is 0 Å². The molecule has 1 aliphatic heterocycles. The van der Waals surface area contributed by atoms with Crippen LogP contribution in [-0.2, 0) is 16.6 Å². The predicted molar refractivity (Wildman–Crippen MR) is 184 cm³/mol. The molecule has 2 N–H and O–H groups in total. The molecule has 0 saturated carbocycles. The predicted octanol–water partition coefficient (Wildman–Crippen LogP) is 7.96. The number of aromatic nitrogens is 2. The molecule has 2 heterocycles. The fraction of sp³-hybridized carbons (Fsp3) is 0.368. The van der Waals surface area contributed by atoms with Crippen molar-refractivity contribution >= 4 is 29.2 Å². The zero-order valence-electron chi connectivity index (χ0n) is 27.4. The van der Waals surface area contributed by atoms with Crippen LogP contribution in [0.25, 0.3) is 5.69 Å². The summed E-state index contributed by atoms with van der Waals surface area (Å²) in [6, 6.07) is 26.9. The number of amides is 3. The Bertz CT molecular complexity index is 1650. The van der Waals surface area contributed by atoms with Gasteiger partial charge in [0.05, 0.1) is 11.4 Å². The normalized spacial score (nSPS) is 13.8. The number of benzene rings is 3. The summed E-state index contributed by atoms with van der Waals surface area (Å²) in [5.74, 6) is 1.29. The molecule has 1 aliphatic rings. The van der Waals surface area contributed by atoms with Crippen molar-refractivity contribution in [2.24, 2.45) is 5.92 Å². The first-order valence-electron chi connectivity index (χ1n) is 16.3. The van der Waals surface area contributed by atoms with Crippen LogP contribution in [0.15, 0.2) is 84.9 Å². The van der Waals surface area contributed by atoms with Gasteiger partial charge in [-0.25, -0.2) is 9.48 Å². The number of urea groups is 1. The number of nitrogens with zero attached hydrogens (tertiary/aromatic N) is 3. The molecule has 46 heavy (non-hydrogen) atoms. The molecule has 0 radical (unpaired) electrons. The average Bonchev–Trinajstić information content (AvgIpc) is 3.46. The number of hydrogen-bond donors (Lipinski definition) is 2. The van der Waals surface area contributed by atoms with Crippen LogP contribution in [0.3, 0.4) is 0 Å². The van der Waals surface area contributed by atoms with E-state index in [1.54, 1.807) is 4.68 Å². The number of Topliss-reactive ketones (excluding diaryl/α,β-unsaturated/α-hetero) is 1. The van der Waals surface area contributed by atoms with Gasteiger partial charge in [-0.05, 0) is 68.4 Å². The summed E-state index contributed by atoms with van der Waals surface area (Å²) >= 11 is 0. The van der Waals surface area contributed by atoms with Crippen molar-refractivity contribution in [1.29, 1.82) is 0 Å². The lowest BCUT2D eigenvalue weighted by Crippen LogP contribution is -2.38. The van der Waals surface area contributed by atoms with Gasteiger partial charge in [0.2, 0.25) is 5.91 Å². The number of ketones is 1. The molecule has 0 bridgehead atoms. The summed E-state index contributed by atoms with van der Waals surface area (Å²) in [6.45, 7) is 9.82. The number of aryl methyl sites for hydroxylation is 1. The molecule has 1 aromatic heterocycles. The summed E-state index contributed by atoms with van der Waals surface area (Å²) in [5, 5.41) is 10.8. The van der Waals surface area contributed by atoms with Gasteiger partial charge in [0.25, 0.3) is 0 Å². The molecule has 0 spiro atoms. The van der Waals surface area contributed by atoms with Crippen molar-refractivity contribution in [3.8, 4) is 5.69 Å². The molecule has 0 atom stereocenters. The third-order valence-electron chi connectivity index (χ3n) is 8.56. The maximum atomic E-state index is 13.1. The molecule has 4 aromatic rings.